The van der Waals surface area contributed by atoms with Gasteiger partial charge in [0.2, 0.25) is 6.29 Å². The lowest BCUT2D eigenvalue weighted by atomic mass is 9.32. The molecule has 5 rings (SSSR count). The van der Waals surface area contributed by atoms with Crippen LogP contribution >= 0.6 is 0 Å². The van der Waals surface area contributed by atoms with E-state index < -0.39 is 0 Å². The molecule has 5 saturated carbocycles. The zero-order chi connectivity index (χ0) is 23.3. The molecular formula is C30H45O2. The first-order valence-corrected chi connectivity index (χ1v) is 13.5. The van der Waals surface area contributed by atoms with Crippen LogP contribution in [-0.2, 0) is 9.59 Å². The molecule has 0 aromatic carbocycles. The molecule has 1 radical (unpaired) electrons. The molecule has 0 unspecified atom stereocenters. The Bertz CT molecular complexity index is 855. The van der Waals surface area contributed by atoms with Crippen LogP contribution in [0.2, 0.25) is 0 Å². The Morgan fingerprint density at radius 1 is 0.875 bits per heavy atom. The van der Waals surface area contributed by atoms with Crippen LogP contribution in [-0.4, -0.2) is 12.1 Å². The number of carbonyl (C=O) groups excluding carboxylic acids is 2. The predicted molar refractivity (Wildman–Crippen MR) is 130 cm³/mol. The molecule has 5 aliphatic carbocycles. The number of carbonyl (C=O) groups is 1. The van der Waals surface area contributed by atoms with Crippen LogP contribution in [0.1, 0.15) is 106 Å². The summed E-state index contributed by atoms with van der Waals surface area (Å²) < 4.78 is 0. The minimum atomic E-state index is -0.225. The van der Waals surface area contributed by atoms with E-state index in [-0.39, 0.29) is 27.1 Å². The number of ketones is 1. The first kappa shape index (κ1) is 22.9. The van der Waals surface area contributed by atoms with Gasteiger partial charge in [-0.15, -0.1) is 0 Å². The smallest absolute Gasteiger partial charge is 0.205 e. The van der Waals surface area contributed by atoms with Crippen molar-refractivity contribution in [1.29, 1.82) is 0 Å². The Labute approximate surface area is 196 Å². The largest absolute Gasteiger partial charge is 0.299 e. The highest BCUT2D eigenvalue weighted by Crippen LogP contribution is 2.77. The molecule has 0 bridgehead atoms. The van der Waals surface area contributed by atoms with Crippen LogP contribution in [0, 0.1) is 56.7 Å². The van der Waals surface area contributed by atoms with E-state index in [1.165, 1.54) is 37.7 Å². The summed E-state index contributed by atoms with van der Waals surface area (Å²) in [5.74, 6) is 3.20. The van der Waals surface area contributed by atoms with Crippen molar-refractivity contribution in [1.82, 2.24) is 0 Å². The van der Waals surface area contributed by atoms with Gasteiger partial charge >= 0.3 is 0 Å². The molecule has 0 spiro atoms. The predicted octanol–water partition coefficient (Wildman–Crippen LogP) is 7.32. The van der Waals surface area contributed by atoms with E-state index >= 15 is 0 Å². The molecule has 0 aromatic heterocycles. The van der Waals surface area contributed by atoms with Crippen molar-refractivity contribution in [3.63, 3.8) is 0 Å². The van der Waals surface area contributed by atoms with Crippen LogP contribution < -0.4 is 0 Å². The summed E-state index contributed by atoms with van der Waals surface area (Å²) in [6.07, 6.45) is 13.7. The second-order valence-corrected chi connectivity index (χ2v) is 14.1. The molecule has 177 valence electrons. The van der Waals surface area contributed by atoms with Crippen LogP contribution in [0.25, 0.3) is 0 Å². The lowest BCUT2D eigenvalue weighted by molar-refractivity contribution is -0.229. The molecule has 0 heterocycles. The van der Waals surface area contributed by atoms with Crippen molar-refractivity contribution in [2.24, 2.45) is 56.7 Å². The van der Waals surface area contributed by atoms with Crippen molar-refractivity contribution in [3.05, 3.63) is 12.2 Å². The zero-order valence-electron chi connectivity index (χ0n) is 21.5. The summed E-state index contributed by atoms with van der Waals surface area (Å²) in [5, 5.41) is 0. The quantitative estimate of drug-likeness (QED) is 0.424. The van der Waals surface area contributed by atoms with Gasteiger partial charge < -0.3 is 0 Å². The Hall–Kier alpha value is -0.920. The Balaban J connectivity index is 1.56. The minimum absolute atomic E-state index is 0.184. The van der Waals surface area contributed by atoms with E-state index in [0.29, 0.717) is 35.4 Å². The third kappa shape index (κ3) is 2.54. The Morgan fingerprint density at radius 2 is 1.59 bits per heavy atom. The number of allylic oxidation sites excluding steroid dienone is 1. The molecule has 9 atom stereocenters. The van der Waals surface area contributed by atoms with E-state index in [0.717, 1.165) is 32.1 Å². The normalized spacial score (nSPS) is 54.1. The Morgan fingerprint density at radius 3 is 2.25 bits per heavy atom. The molecule has 5 fully saturated rings. The maximum Gasteiger partial charge on any atom is 0.205 e. The van der Waals surface area contributed by atoms with Gasteiger partial charge in [0.25, 0.3) is 0 Å². The summed E-state index contributed by atoms with van der Waals surface area (Å²) in [5.41, 5.74) is 1.68. The highest BCUT2D eigenvalue weighted by molar-refractivity contribution is 5.85. The fraction of sp³-hybridized carbons (Fsp3) is 0.867. The first-order chi connectivity index (χ1) is 14.9. The second-order valence-electron chi connectivity index (χ2n) is 14.1. The number of fused-ring (bicyclic) bond motifs is 7. The summed E-state index contributed by atoms with van der Waals surface area (Å²) >= 11 is 0. The Kier molecular flexibility index (Phi) is 4.87. The molecule has 5 aliphatic rings. The van der Waals surface area contributed by atoms with E-state index in [2.05, 4.69) is 54.4 Å². The maximum absolute atomic E-state index is 12.9. The third-order valence-corrected chi connectivity index (χ3v) is 13.0. The molecular weight excluding hydrogens is 392 g/mol. The molecule has 0 aliphatic heterocycles. The van der Waals surface area contributed by atoms with Gasteiger partial charge in [0.1, 0.15) is 5.78 Å². The average Bonchev–Trinajstić information content (AvgIpc) is 3.12. The van der Waals surface area contributed by atoms with Crippen molar-refractivity contribution in [3.8, 4) is 0 Å². The van der Waals surface area contributed by atoms with Crippen LogP contribution in [0.15, 0.2) is 12.2 Å². The average molecular weight is 438 g/mol. The van der Waals surface area contributed by atoms with Gasteiger partial charge in [0.05, 0.1) is 0 Å². The standard InChI is InChI=1S/C30H45O2/c1-19(2)20-10-15-30(18-31)17-16-28(6)21(25(20)30)8-9-23-27(5)13-12-24(32)26(3,4)22(27)11-14-29(23,28)7/h20-23,25H,1,8-17H2,2-7H3/t20-,21+,22-,23+,25+,27-,28+,29+,30+/m0/s1. The van der Waals surface area contributed by atoms with E-state index in [4.69, 9.17) is 0 Å². The number of rotatable bonds is 2. The fourth-order valence-corrected chi connectivity index (χ4v) is 11.1. The monoisotopic (exact) mass is 437 g/mol. The van der Waals surface area contributed by atoms with Crippen molar-refractivity contribution >= 4 is 12.1 Å². The highest BCUT2D eigenvalue weighted by Gasteiger charge is 2.71. The molecule has 0 amide bonds. The second kappa shape index (κ2) is 6.82. The molecule has 0 N–H and O–H groups in total. The molecule has 0 saturated heterocycles. The molecule has 32 heavy (non-hydrogen) atoms. The van der Waals surface area contributed by atoms with E-state index in [1.807, 2.05) is 0 Å². The zero-order valence-corrected chi connectivity index (χ0v) is 21.5. The number of Topliss-reactive ketones (excluding diaryl/α,β-unsaturated/α-hetero) is 1. The van der Waals surface area contributed by atoms with Gasteiger partial charge in [-0.05, 0) is 111 Å². The SMILES string of the molecule is C=C(C)[C@@H]1CC[C@]2([C]=O)CC[C@]3(C)[C@H](CC[C@@H]4[C@@]5(C)CCC(=O)C(C)(C)[C@@H]5CC[C@]43C)[C@@H]12. The van der Waals surface area contributed by atoms with Gasteiger partial charge in [-0.3, -0.25) is 9.59 Å². The van der Waals surface area contributed by atoms with Crippen molar-refractivity contribution in [2.75, 3.05) is 0 Å². The van der Waals surface area contributed by atoms with Gasteiger partial charge in [-0.25, -0.2) is 0 Å². The van der Waals surface area contributed by atoms with Crippen molar-refractivity contribution < 1.29 is 9.59 Å². The van der Waals surface area contributed by atoms with Gasteiger partial charge in [0.15, 0.2) is 0 Å². The molecule has 2 nitrogen and oxygen atoms in total. The van der Waals surface area contributed by atoms with Gasteiger partial charge in [-0.1, -0.05) is 46.8 Å². The highest BCUT2D eigenvalue weighted by atomic mass is 16.1. The fourth-order valence-electron chi connectivity index (χ4n) is 11.1. The number of hydrogen-bond acceptors (Lipinski definition) is 2. The first-order valence-electron chi connectivity index (χ1n) is 13.5. The lowest BCUT2D eigenvalue weighted by Gasteiger charge is -2.72. The molecule has 2 heteroatoms. The van der Waals surface area contributed by atoms with Gasteiger partial charge in [-0.2, -0.15) is 0 Å². The van der Waals surface area contributed by atoms with E-state index in [9.17, 15) is 9.59 Å². The topological polar surface area (TPSA) is 34.1 Å². The maximum atomic E-state index is 12.9. The van der Waals surface area contributed by atoms with Crippen LogP contribution in [0.4, 0.5) is 0 Å². The van der Waals surface area contributed by atoms with Crippen LogP contribution in [0.5, 0.6) is 0 Å². The summed E-state index contributed by atoms with van der Waals surface area (Å²) in [6, 6.07) is 0. The number of hydrogen-bond donors (Lipinski definition) is 0. The third-order valence-electron chi connectivity index (χ3n) is 13.0. The summed E-state index contributed by atoms with van der Waals surface area (Å²) in [7, 11) is 0. The van der Waals surface area contributed by atoms with Crippen LogP contribution in [0.3, 0.4) is 0 Å². The summed E-state index contributed by atoms with van der Waals surface area (Å²) in [4.78, 5) is 25.3. The van der Waals surface area contributed by atoms with Crippen molar-refractivity contribution in [2.45, 2.75) is 106 Å². The summed E-state index contributed by atoms with van der Waals surface area (Å²) in [6.45, 7) is 18.8. The lowest BCUT2D eigenvalue weighted by Crippen LogP contribution is -2.66. The minimum Gasteiger partial charge on any atom is -0.299 e. The molecule has 0 aromatic rings. The van der Waals surface area contributed by atoms with E-state index in [1.54, 1.807) is 0 Å². The van der Waals surface area contributed by atoms with Gasteiger partial charge in [0, 0.05) is 17.3 Å².